The zero-order valence-electron chi connectivity index (χ0n) is 23.3. The number of aromatic nitrogens is 3. The molecule has 4 heterocycles. The molecule has 0 aliphatic carbocycles. The molecular weight excluding hydrogens is 603 g/mol. The molecule has 15 heteroatoms. The van der Waals surface area contributed by atoms with Crippen LogP contribution in [0.25, 0.3) is 16.8 Å². The second kappa shape index (κ2) is 12.5. The number of methoxy groups -OCH3 is 1. The number of amides is 1. The van der Waals surface area contributed by atoms with Crippen LogP contribution >= 0.6 is 11.6 Å². The molecule has 0 radical (unpaired) electrons. The largest absolute Gasteiger partial charge is 0.485 e. The predicted octanol–water partition coefficient (Wildman–Crippen LogP) is 2.90. The Balaban J connectivity index is 1.36. The van der Waals surface area contributed by atoms with Crippen molar-refractivity contribution in [3.8, 4) is 22.8 Å². The van der Waals surface area contributed by atoms with Gasteiger partial charge in [0, 0.05) is 63.2 Å². The van der Waals surface area contributed by atoms with Crippen molar-refractivity contribution in [2.75, 3.05) is 51.2 Å². The molecule has 0 bridgehead atoms. The van der Waals surface area contributed by atoms with Crippen molar-refractivity contribution < 1.29 is 27.1 Å². The van der Waals surface area contributed by atoms with Gasteiger partial charge in [0.25, 0.3) is 15.6 Å². The van der Waals surface area contributed by atoms with E-state index in [-0.39, 0.29) is 39.7 Å². The summed E-state index contributed by atoms with van der Waals surface area (Å²) in [7, 11) is -2.90. The molecule has 1 aromatic carbocycles. The van der Waals surface area contributed by atoms with E-state index >= 15 is 0 Å². The van der Waals surface area contributed by atoms with Gasteiger partial charge in [-0.05, 0) is 36.4 Å². The number of anilines is 1. The summed E-state index contributed by atoms with van der Waals surface area (Å²) in [5.74, 6) is -0.551. The molecule has 4 aromatic rings. The number of ether oxygens (including phenoxy) is 2. The Hall–Kier alpha value is -4.27. The number of nitrogens with one attached hydrogen (secondary N) is 1. The van der Waals surface area contributed by atoms with Crippen molar-refractivity contribution in [3.63, 3.8) is 0 Å². The number of carbonyl (C=O) groups is 1. The Morgan fingerprint density at radius 2 is 1.84 bits per heavy atom. The minimum absolute atomic E-state index is 0.00665. The molecule has 226 valence electrons. The van der Waals surface area contributed by atoms with Crippen LogP contribution in [-0.2, 0) is 14.8 Å². The number of carbonyl (C=O) groups excluding carboxylic acids is 1. The predicted molar refractivity (Wildman–Crippen MR) is 158 cm³/mol. The van der Waals surface area contributed by atoms with Crippen molar-refractivity contribution >= 4 is 38.9 Å². The van der Waals surface area contributed by atoms with Crippen LogP contribution in [0.3, 0.4) is 0 Å². The molecule has 0 atom stereocenters. The lowest BCUT2D eigenvalue weighted by Gasteiger charge is -2.33. The highest BCUT2D eigenvalue weighted by molar-refractivity contribution is 7.92. The van der Waals surface area contributed by atoms with Gasteiger partial charge >= 0.3 is 0 Å². The molecule has 12 nitrogen and oxygen atoms in total. The molecule has 1 N–H and O–H groups in total. The van der Waals surface area contributed by atoms with E-state index in [0.717, 1.165) is 31.3 Å². The van der Waals surface area contributed by atoms with Gasteiger partial charge in [0.05, 0.1) is 18.3 Å². The van der Waals surface area contributed by atoms with E-state index in [9.17, 15) is 22.4 Å². The molecule has 5 rings (SSSR count). The maximum absolute atomic E-state index is 13.5. The van der Waals surface area contributed by atoms with Crippen LogP contribution in [-0.4, -0.2) is 84.9 Å². The minimum atomic E-state index is -4.23. The Labute approximate surface area is 251 Å². The lowest BCUT2D eigenvalue weighted by molar-refractivity contribution is -0.130. The van der Waals surface area contributed by atoms with E-state index in [1.165, 1.54) is 30.0 Å². The van der Waals surface area contributed by atoms with Gasteiger partial charge in [-0.15, -0.1) is 0 Å². The summed E-state index contributed by atoms with van der Waals surface area (Å²) in [4.78, 5) is 37.0. The Bertz CT molecular complexity index is 1850. The third-order valence-electron chi connectivity index (χ3n) is 6.96. The summed E-state index contributed by atoms with van der Waals surface area (Å²) in [6.45, 7) is 5.18. The number of pyridine rings is 2. The van der Waals surface area contributed by atoms with Crippen molar-refractivity contribution in [3.05, 3.63) is 76.2 Å². The van der Waals surface area contributed by atoms with Crippen LogP contribution in [0.2, 0.25) is 5.02 Å². The summed E-state index contributed by atoms with van der Waals surface area (Å²) in [5.41, 5.74) is 0.976. The molecule has 0 spiro atoms. The fraction of sp³-hybridized carbons (Fsp3) is 0.286. The quantitative estimate of drug-likeness (QED) is 0.296. The summed E-state index contributed by atoms with van der Waals surface area (Å²) in [6, 6.07) is 7.79. The van der Waals surface area contributed by atoms with Crippen LogP contribution in [0.4, 0.5) is 10.1 Å². The molecule has 1 amide bonds. The molecule has 0 unspecified atom stereocenters. The van der Waals surface area contributed by atoms with Gasteiger partial charge < -0.3 is 14.4 Å². The van der Waals surface area contributed by atoms with Gasteiger partial charge in [-0.25, -0.2) is 22.8 Å². The van der Waals surface area contributed by atoms with Gasteiger partial charge in [-0.3, -0.25) is 23.6 Å². The summed E-state index contributed by atoms with van der Waals surface area (Å²) in [5, 5.41) is -0.287. The second-order valence-corrected chi connectivity index (χ2v) is 11.8. The van der Waals surface area contributed by atoms with Crippen molar-refractivity contribution in [1.29, 1.82) is 0 Å². The number of rotatable bonds is 9. The number of nitrogens with zero attached hydrogens (tertiary/aromatic N) is 5. The molecule has 0 saturated carbocycles. The maximum atomic E-state index is 13.5. The molecule has 43 heavy (non-hydrogen) atoms. The Morgan fingerprint density at radius 3 is 2.53 bits per heavy atom. The first-order chi connectivity index (χ1) is 20.6. The first-order valence-electron chi connectivity index (χ1n) is 13.2. The van der Waals surface area contributed by atoms with Gasteiger partial charge in [0.15, 0.2) is 0 Å². The van der Waals surface area contributed by atoms with E-state index in [1.54, 1.807) is 30.2 Å². The summed E-state index contributed by atoms with van der Waals surface area (Å²) < 4.78 is 54.3. The molecule has 3 aromatic heterocycles. The van der Waals surface area contributed by atoms with E-state index in [4.69, 9.17) is 21.1 Å². The van der Waals surface area contributed by atoms with Gasteiger partial charge in [-0.1, -0.05) is 11.6 Å². The van der Waals surface area contributed by atoms with Crippen molar-refractivity contribution in [2.24, 2.45) is 0 Å². The molecule has 1 aliphatic heterocycles. The van der Waals surface area contributed by atoms with E-state index in [2.05, 4.69) is 19.6 Å². The van der Waals surface area contributed by atoms with Crippen LogP contribution in [0.15, 0.2) is 64.7 Å². The highest BCUT2D eigenvalue weighted by Gasteiger charge is 2.22. The molecular formula is C28H28ClFN6O6S. The summed E-state index contributed by atoms with van der Waals surface area (Å²) in [6.07, 6.45) is 4.40. The normalized spacial score (nSPS) is 14.1. The third kappa shape index (κ3) is 6.71. The average molecular weight is 631 g/mol. The SMILES string of the molecule is COc1ncc(-c2ccc3ncc(OCCN4CCN(C(C)=O)CC4)c(=O)n3c2)cc1NS(=O)(=O)c1ccc(F)cc1Cl. The lowest BCUT2D eigenvalue weighted by atomic mass is 10.1. The fourth-order valence-corrected chi connectivity index (χ4v) is 6.22. The van der Waals surface area contributed by atoms with E-state index < -0.39 is 21.4 Å². The Kier molecular flexibility index (Phi) is 8.80. The van der Waals surface area contributed by atoms with Crippen LogP contribution in [0.5, 0.6) is 11.6 Å². The van der Waals surface area contributed by atoms with Gasteiger partial charge in [-0.2, -0.15) is 0 Å². The molecule has 1 saturated heterocycles. The number of benzene rings is 1. The Morgan fingerprint density at radius 1 is 1.07 bits per heavy atom. The molecule has 1 fully saturated rings. The number of halogens is 2. The highest BCUT2D eigenvalue weighted by Crippen LogP contribution is 2.31. The van der Waals surface area contributed by atoms with Crippen molar-refractivity contribution in [1.82, 2.24) is 24.2 Å². The lowest BCUT2D eigenvalue weighted by Crippen LogP contribution is -2.48. The smallest absolute Gasteiger partial charge is 0.300 e. The molecule has 1 aliphatic rings. The van der Waals surface area contributed by atoms with E-state index in [0.29, 0.717) is 36.4 Å². The van der Waals surface area contributed by atoms with Crippen LogP contribution in [0.1, 0.15) is 6.92 Å². The maximum Gasteiger partial charge on any atom is 0.300 e. The van der Waals surface area contributed by atoms with Gasteiger partial charge in [0.1, 0.15) is 28.7 Å². The van der Waals surface area contributed by atoms with Gasteiger partial charge in [0.2, 0.25) is 17.5 Å². The van der Waals surface area contributed by atoms with E-state index in [1.807, 2.05) is 0 Å². The zero-order valence-corrected chi connectivity index (χ0v) is 24.9. The number of hydrogen-bond donors (Lipinski definition) is 1. The minimum Gasteiger partial charge on any atom is -0.485 e. The zero-order chi connectivity index (χ0) is 30.7. The van der Waals surface area contributed by atoms with Crippen LogP contribution < -0.4 is 19.8 Å². The highest BCUT2D eigenvalue weighted by atomic mass is 35.5. The third-order valence-corrected chi connectivity index (χ3v) is 8.81. The standard InChI is InChI=1S/C28H28ClFN6O6S/c1-18(37)35-9-7-34(8-10-35)11-12-42-24-16-31-26-6-3-19(17-36(26)28(24)38)20-13-23(27(41-2)32-15-20)33-43(39,40)25-5-4-21(30)14-22(25)29/h3-6,13-17,33H,7-12H2,1-2H3. The first kappa shape index (κ1) is 30.2. The number of sulfonamides is 1. The fourth-order valence-electron chi connectivity index (χ4n) is 4.64. The first-order valence-corrected chi connectivity index (χ1v) is 15.1. The van der Waals surface area contributed by atoms with Crippen LogP contribution in [0, 0.1) is 5.82 Å². The topological polar surface area (TPSA) is 135 Å². The number of piperazine rings is 1. The summed E-state index contributed by atoms with van der Waals surface area (Å²) >= 11 is 5.98. The average Bonchev–Trinajstić information content (AvgIpc) is 2.98. The number of hydrogen-bond acceptors (Lipinski definition) is 9. The monoisotopic (exact) mass is 630 g/mol. The van der Waals surface area contributed by atoms with Crippen molar-refractivity contribution in [2.45, 2.75) is 11.8 Å². The number of fused-ring (bicyclic) bond motifs is 1. The second-order valence-electron chi connectivity index (χ2n) is 9.73.